The Morgan fingerprint density at radius 2 is 2.12 bits per heavy atom. The fourth-order valence-electron chi connectivity index (χ4n) is 2.84. The van der Waals surface area contributed by atoms with Gasteiger partial charge in [-0.1, -0.05) is 0 Å². The summed E-state index contributed by atoms with van der Waals surface area (Å²) in [6.07, 6.45) is 3.58. The molecule has 1 aliphatic heterocycles. The summed E-state index contributed by atoms with van der Waals surface area (Å²) in [5.41, 5.74) is 7.87. The van der Waals surface area contributed by atoms with Crippen LogP contribution < -0.4 is 16.2 Å². The van der Waals surface area contributed by atoms with Crippen LogP contribution >= 0.6 is 0 Å². The van der Waals surface area contributed by atoms with E-state index < -0.39 is 11.5 Å². The first-order valence-corrected chi connectivity index (χ1v) is 8.01. The first-order chi connectivity index (χ1) is 11.6. The van der Waals surface area contributed by atoms with Crippen LogP contribution in [-0.4, -0.2) is 35.6 Å². The summed E-state index contributed by atoms with van der Waals surface area (Å²) in [5.74, 6) is -0.311. The van der Waals surface area contributed by atoms with Gasteiger partial charge in [-0.3, -0.25) is 4.79 Å². The number of esters is 1. The molecule has 0 bridgehead atoms. The molecule has 0 atom stereocenters. The van der Waals surface area contributed by atoms with Gasteiger partial charge in [0.25, 0.3) is 5.56 Å². The molecule has 7 nitrogen and oxygen atoms in total. The Morgan fingerprint density at radius 3 is 2.75 bits per heavy atom. The molecule has 126 valence electrons. The summed E-state index contributed by atoms with van der Waals surface area (Å²) in [5, 5.41) is 0. The number of ether oxygens (including phenoxy) is 1. The van der Waals surface area contributed by atoms with Crippen LogP contribution in [0.1, 0.15) is 30.1 Å². The van der Waals surface area contributed by atoms with Crippen LogP contribution in [0.2, 0.25) is 0 Å². The van der Waals surface area contributed by atoms with Crippen molar-refractivity contribution in [1.82, 2.24) is 9.97 Å². The van der Waals surface area contributed by atoms with E-state index in [-0.39, 0.29) is 12.2 Å². The number of nitrogens with zero attached hydrogens (tertiary/aromatic N) is 2. The second-order valence-corrected chi connectivity index (χ2v) is 5.66. The van der Waals surface area contributed by atoms with Crippen LogP contribution in [0.4, 0.5) is 11.4 Å². The van der Waals surface area contributed by atoms with E-state index in [9.17, 15) is 9.59 Å². The molecule has 2 heterocycles. The normalized spacial score (nSPS) is 14.0. The number of nitrogens with two attached hydrogens (primary N) is 1. The monoisotopic (exact) mass is 328 g/mol. The van der Waals surface area contributed by atoms with Crippen LogP contribution in [0, 0.1) is 0 Å². The minimum atomic E-state index is -0.679. The van der Waals surface area contributed by atoms with Crippen molar-refractivity contribution in [2.24, 2.45) is 0 Å². The second-order valence-electron chi connectivity index (χ2n) is 5.66. The number of carbonyl (C=O) groups is 1. The number of nitrogens with one attached hydrogen (secondary N) is 1. The Kier molecular flexibility index (Phi) is 4.50. The molecular formula is C17H20N4O3. The number of nitrogen functional groups attached to an aromatic ring is 1. The zero-order chi connectivity index (χ0) is 17.1. The average molecular weight is 328 g/mol. The molecule has 3 N–H and O–H groups in total. The molecule has 0 spiro atoms. The molecule has 1 aromatic heterocycles. The van der Waals surface area contributed by atoms with E-state index in [4.69, 9.17) is 10.5 Å². The smallest absolute Gasteiger partial charge is 0.345 e. The van der Waals surface area contributed by atoms with Gasteiger partial charge in [-0.2, -0.15) is 0 Å². The van der Waals surface area contributed by atoms with E-state index in [0.717, 1.165) is 18.8 Å². The van der Waals surface area contributed by atoms with E-state index >= 15 is 0 Å². The number of anilines is 2. The molecule has 1 fully saturated rings. The number of benzene rings is 1. The van der Waals surface area contributed by atoms with Crippen molar-refractivity contribution >= 4 is 17.3 Å². The summed E-state index contributed by atoms with van der Waals surface area (Å²) in [6.45, 7) is 3.90. The van der Waals surface area contributed by atoms with Crippen molar-refractivity contribution in [2.75, 3.05) is 30.3 Å². The second kappa shape index (κ2) is 6.74. The SMILES string of the molecule is CCOC(=O)c1cnc(-c2ccc(N3CCCC3)c(N)c2)[nH]c1=O. The van der Waals surface area contributed by atoms with Crippen LogP contribution in [0.3, 0.4) is 0 Å². The molecular weight excluding hydrogens is 308 g/mol. The fourth-order valence-corrected chi connectivity index (χ4v) is 2.84. The maximum absolute atomic E-state index is 12.1. The lowest BCUT2D eigenvalue weighted by Gasteiger charge is -2.20. The van der Waals surface area contributed by atoms with Crippen molar-refractivity contribution in [3.05, 3.63) is 40.3 Å². The molecule has 0 unspecified atom stereocenters. The standard InChI is InChI=1S/C17H20N4O3/c1-2-24-17(23)12-10-19-15(20-16(12)22)11-5-6-14(13(18)9-11)21-7-3-4-8-21/h5-6,9-10H,2-4,7-8,18H2,1H3,(H,19,20,22). The first kappa shape index (κ1) is 16.0. The highest BCUT2D eigenvalue weighted by Crippen LogP contribution is 2.30. The third kappa shape index (κ3) is 3.10. The largest absolute Gasteiger partial charge is 0.462 e. The van der Waals surface area contributed by atoms with E-state index in [1.54, 1.807) is 13.0 Å². The van der Waals surface area contributed by atoms with Crippen molar-refractivity contribution in [3.8, 4) is 11.4 Å². The quantitative estimate of drug-likeness (QED) is 0.655. The maximum atomic E-state index is 12.1. The van der Waals surface area contributed by atoms with Gasteiger partial charge in [-0.25, -0.2) is 9.78 Å². The van der Waals surface area contributed by atoms with Gasteiger partial charge in [0.1, 0.15) is 11.4 Å². The first-order valence-electron chi connectivity index (χ1n) is 8.01. The van der Waals surface area contributed by atoms with Gasteiger partial charge < -0.3 is 20.4 Å². The number of hydrogen-bond acceptors (Lipinski definition) is 6. The number of rotatable bonds is 4. The van der Waals surface area contributed by atoms with Gasteiger partial charge >= 0.3 is 5.97 Å². The molecule has 0 aliphatic carbocycles. The predicted octanol–water partition coefficient (Wildman–Crippen LogP) is 1.80. The average Bonchev–Trinajstić information content (AvgIpc) is 3.09. The van der Waals surface area contributed by atoms with Crippen molar-refractivity contribution < 1.29 is 9.53 Å². The molecule has 0 saturated carbocycles. The minimum Gasteiger partial charge on any atom is -0.462 e. The lowest BCUT2D eigenvalue weighted by Crippen LogP contribution is -2.21. The Morgan fingerprint density at radius 1 is 1.38 bits per heavy atom. The zero-order valence-corrected chi connectivity index (χ0v) is 13.5. The summed E-state index contributed by atoms with van der Waals surface area (Å²) in [4.78, 5) is 32.7. The fraction of sp³-hybridized carbons (Fsp3) is 0.353. The molecule has 1 saturated heterocycles. The zero-order valence-electron chi connectivity index (χ0n) is 13.5. The van der Waals surface area contributed by atoms with Crippen LogP contribution in [0.5, 0.6) is 0 Å². The number of carbonyl (C=O) groups excluding carboxylic acids is 1. The van der Waals surface area contributed by atoms with E-state index in [2.05, 4.69) is 14.9 Å². The van der Waals surface area contributed by atoms with Crippen LogP contribution in [-0.2, 0) is 4.74 Å². The minimum absolute atomic E-state index is 0.109. The molecule has 2 aromatic rings. The third-order valence-corrected chi connectivity index (χ3v) is 4.04. The van der Waals surface area contributed by atoms with E-state index in [1.807, 2.05) is 12.1 Å². The maximum Gasteiger partial charge on any atom is 0.345 e. The number of aromatic amines is 1. The van der Waals surface area contributed by atoms with Crippen LogP contribution in [0.15, 0.2) is 29.2 Å². The number of hydrogen-bond donors (Lipinski definition) is 2. The summed E-state index contributed by atoms with van der Waals surface area (Å²) < 4.78 is 4.82. The lowest BCUT2D eigenvalue weighted by atomic mass is 10.1. The Hall–Kier alpha value is -2.83. The predicted molar refractivity (Wildman–Crippen MR) is 92.1 cm³/mol. The highest BCUT2D eigenvalue weighted by molar-refractivity contribution is 5.88. The molecule has 1 aliphatic rings. The summed E-state index contributed by atoms with van der Waals surface area (Å²) >= 11 is 0. The van der Waals surface area contributed by atoms with Crippen molar-refractivity contribution in [3.63, 3.8) is 0 Å². The van der Waals surface area contributed by atoms with E-state index in [1.165, 1.54) is 19.0 Å². The van der Waals surface area contributed by atoms with Gasteiger partial charge in [-0.15, -0.1) is 0 Å². The van der Waals surface area contributed by atoms with Gasteiger partial charge in [0, 0.05) is 24.8 Å². The Bertz CT molecular complexity index is 810. The van der Waals surface area contributed by atoms with Crippen molar-refractivity contribution in [2.45, 2.75) is 19.8 Å². The van der Waals surface area contributed by atoms with Gasteiger partial charge in [0.15, 0.2) is 0 Å². The number of aromatic nitrogens is 2. The molecule has 3 rings (SSSR count). The van der Waals surface area contributed by atoms with Gasteiger partial charge in [0.2, 0.25) is 0 Å². The van der Waals surface area contributed by atoms with Crippen molar-refractivity contribution in [1.29, 1.82) is 0 Å². The highest BCUT2D eigenvalue weighted by Gasteiger charge is 2.17. The summed E-state index contributed by atoms with van der Waals surface area (Å²) in [7, 11) is 0. The Labute approximate surface area is 139 Å². The molecule has 1 aromatic carbocycles. The third-order valence-electron chi connectivity index (χ3n) is 4.04. The number of H-pyrrole nitrogens is 1. The van der Waals surface area contributed by atoms with Gasteiger partial charge in [-0.05, 0) is 38.0 Å². The molecule has 0 amide bonds. The molecule has 0 radical (unpaired) electrons. The van der Waals surface area contributed by atoms with Gasteiger partial charge in [0.05, 0.1) is 18.0 Å². The Balaban J connectivity index is 1.89. The topological polar surface area (TPSA) is 101 Å². The lowest BCUT2D eigenvalue weighted by molar-refractivity contribution is 0.0524. The molecule has 7 heteroatoms. The van der Waals surface area contributed by atoms with E-state index in [0.29, 0.717) is 17.1 Å². The highest BCUT2D eigenvalue weighted by atomic mass is 16.5. The molecule has 24 heavy (non-hydrogen) atoms. The summed E-state index contributed by atoms with van der Waals surface area (Å²) in [6, 6.07) is 5.59. The van der Waals surface area contributed by atoms with Crippen LogP contribution in [0.25, 0.3) is 11.4 Å².